The fraction of sp³-hybridized carbons (Fsp3) is 0.348. The van der Waals surface area contributed by atoms with E-state index in [0.29, 0.717) is 23.8 Å². The van der Waals surface area contributed by atoms with Gasteiger partial charge in [-0.15, -0.1) is 11.3 Å². The van der Waals surface area contributed by atoms with Crippen LogP contribution in [-0.4, -0.2) is 41.7 Å². The van der Waals surface area contributed by atoms with Gasteiger partial charge in [-0.1, -0.05) is 27.7 Å². The molecule has 7 nitrogen and oxygen atoms in total. The number of rotatable bonds is 9. The maximum Gasteiger partial charge on any atom is 0.257 e. The van der Waals surface area contributed by atoms with Crippen molar-refractivity contribution < 1.29 is 13.2 Å². The van der Waals surface area contributed by atoms with E-state index in [0.717, 1.165) is 11.3 Å². The van der Waals surface area contributed by atoms with Gasteiger partial charge in [-0.05, 0) is 48.2 Å². The molecule has 3 rings (SSSR count). The molecule has 0 radical (unpaired) electrons. The number of benzene rings is 1. The molecule has 1 N–H and O–H groups in total. The molecule has 170 valence electrons. The van der Waals surface area contributed by atoms with E-state index >= 15 is 0 Å². The average Bonchev–Trinajstić information content (AvgIpc) is 3.22. The van der Waals surface area contributed by atoms with Gasteiger partial charge in [0.2, 0.25) is 10.0 Å². The number of aromatic nitrogens is 2. The quantitative estimate of drug-likeness (QED) is 0.485. The first-order valence-electron chi connectivity index (χ1n) is 10.4. The Labute approximate surface area is 193 Å². The predicted octanol–water partition coefficient (Wildman–Crippen LogP) is 4.76. The molecule has 2 aromatic heterocycles. The van der Waals surface area contributed by atoms with Gasteiger partial charge >= 0.3 is 0 Å². The first-order valence-corrected chi connectivity index (χ1v) is 12.8. The number of hydrogen-bond donors (Lipinski definition) is 1. The molecule has 0 aliphatic heterocycles. The minimum absolute atomic E-state index is 0.185. The lowest BCUT2D eigenvalue weighted by molar-refractivity contribution is 0.102. The molecule has 0 aliphatic carbocycles. The molecular weight excluding hydrogens is 444 g/mol. The van der Waals surface area contributed by atoms with Crippen LogP contribution in [0, 0.1) is 11.8 Å². The summed E-state index contributed by atoms with van der Waals surface area (Å²) in [6.45, 7) is 8.88. The molecule has 2 heterocycles. The summed E-state index contributed by atoms with van der Waals surface area (Å²) in [6, 6.07) is 9.73. The van der Waals surface area contributed by atoms with Crippen molar-refractivity contribution >= 4 is 32.4 Å². The number of sulfonamides is 1. The highest BCUT2D eigenvalue weighted by Crippen LogP contribution is 2.25. The third kappa shape index (κ3) is 5.99. The minimum atomic E-state index is -3.63. The van der Waals surface area contributed by atoms with Gasteiger partial charge in [-0.3, -0.25) is 15.1 Å². The van der Waals surface area contributed by atoms with Crippen molar-refractivity contribution in [1.82, 2.24) is 14.3 Å². The van der Waals surface area contributed by atoms with Crippen molar-refractivity contribution in [2.75, 3.05) is 18.4 Å². The summed E-state index contributed by atoms with van der Waals surface area (Å²) >= 11 is 1.32. The highest BCUT2D eigenvalue weighted by Gasteiger charge is 2.26. The highest BCUT2D eigenvalue weighted by atomic mass is 32.2. The third-order valence-corrected chi connectivity index (χ3v) is 7.20. The van der Waals surface area contributed by atoms with E-state index in [1.165, 1.54) is 39.9 Å². The highest BCUT2D eigenvalue weighted by molar-refractivity contribution is 7.89. The minimum Gasteiger partial charge on any atom is -0.298 e. The maximum atomic E-state index is 13.1. The Kier molecular flexibility index (Phi) is 7.76. The number of hydrogen-bond acceptors (Lipinski definition) is 6. The van der Waals surface area contributed by atoms with Crippen LogP contribution in [0.2, 0.25) is 0 Å². The second-order valence-electron chi connectivity index (χ2n) is 8.36. The summed E-state index contributed by atoms with van der Waals surface area (Å²) in [5, 5.41) is 5.11. The van der Waals surface area contributed by atoms with Gasteiger partial charge < -0.3 is 0 Å². The molecule has 32 heavy (non-hydrogen) atoms. The van der Waals surface area contributed by atoms with Crippen molar-refractivity contribution in [3.63, 3.8) is 0 Å². The standard InChI is InChI=1S/C23H28N4O3S2/c1-16(2)13-27(14-17(3)4)32(29,30)20-7-5-19(6-8-20)22(28)26-23-25-21(15-31-23)18-9-11-24-12-10-18/h5-12,15-17H,13-14H2,1-4H3,(H,25,26,28). The number of nitrogens with one attached hydrogen (secondary N) is 1. The zero-order valence-electron chi connectivity index (χ0n) is 18.6. The Hall–Kier alpha value is -2.62. The van der Waals surface area contributed by atoms with E-state index < -0.39 is 10.0 Å². The summed E-state index contributed by atoms with van der Waals surface area (Å²) in [6.07, 6.45) is 3.37. The van der Waals surface area contributed by atoms with Crippen LogP contribution < -0.4 is 5.32 Å². The van der Waals surface area contributed by atoms with Gasteiger partial charge in [0.05, 0.1) is 10.6 Å². The molecule has 3 aromatic rings. The van der Waals surface area contributed by atoms with E-state index in [4.69, 9.17) is 0 Å². The molecule has 0 spiro atoms. The monoisotopic (exact) mass is 472 g/mol. The van der Waals surface area contributed by atoms with Crippen molar-refractivity contribution in [1.29, 1.82) is 0 Å². The molecule has 0 saturated heterocycles. The zero-order valence-corrected chi connectivity index (χ0v) is 20.3. The van der Waals surface area contributed by atoms with Crippen molar-refractivity contribution in [3.8, 4) is 11.3 Å². The number of carbonyl (C=O) groups excluding carboxylic acids is 1. The normalized spacial score (nSPS) is 12.0. The molecular formula is C23H28N4O3S2. The molecule has 1 aromatic carbocycles. The van der Waals surface area contributed by atoms with E-state index in [2.05, 4.69) is 15.3 Å². The van der Waals surface area contributed by atoms with Crippen LogP contribution in [0.15, 0.2) is 59.1 Å². The van der Waals surface area contributed by atoms with Crippen molar-refractivity contribution in [2.24, 2.45) is 11.8 Å². The average molecular weight is 473 g/mol. The number of anilines is 1. The fourth-order valence-corrected chi connectivity index (χ4v) is 5.65. The van der Waals surface area contributed by atoms with Crippen LogP contribution in [0.3, 0.4) is 0 Å². The number of nitrogens with zero attached hydrogens (tertiary/aromatic N) is 3. The molecule has 0 unspecified atom stereocenters. The van der Waals surface area contributed by atoms with Crippen molar-refractivity contribution in [2.45, 2.75) is 32.6 Å². The Morgan fingerprint density at radius 3 is 2.16 bits per heavy atom. The van der Waals surface area contributed by atoms with Gasteiger partial charge in [0.15, 0.2) is 5.13 Å². The number of carbonyl (C=O) groups is 1. The topological polar surface area (TPSA) is 92.3 Å². The SMILES string of the molecule is CC(C)CN(CC(C)C)S(=O)(=O)c1ccc(C(=O)Nc2nc(-c3ccncc3)cs2)cc1. The summed E-state index contributed by atoms with van der Waals surface area (Å²) in [5.74, 6) is 0.0821. The molecule has 0 fully saturated rings. The summed E-state index contributed by atoms with van der Waals surface area (Å²) in [5.41, 5.74) is 2.03. The lowest BCUT2D eigenvalue weighted by Crippen LogP contribution is -2.37. The van der Waals surface area contributed by atoms with E-state index in [-0.39, 0.29) is 22.6 Å². The summed E-state index contributed by atoms with van der Waals surface area (Å²) < 4.78 is 27.8. The molecule has 0 aliphatic rings. The van der Waals surface area contributed by atoms with E-state index in [1.54, 1.807) is 12.4 Å². The van der Waals surface area contributed by atoms with Gasteiger partial charge in [0.25, 0.3) is 5.91 Å². The Balaban J connectivity index is 1.73. The van der Waals surface area contributed by atoms with Gasteiger partial charge in [0.1, 0.15) is 0 Å². The number of pyridine rings is 1. The second-order valence-corrected chi connectivity index (χ2v) is 11.2. The summed E-state index contributed by atoms with van der Waals surface area (Å²) in [7, 11) is -3.63. The lowest BCUT2D eigenvalue weighted by Gasteiger charge is -2.25. The molecule has 9 heteroatoms. The first kappa shape index (κ1) is 24.0. The van der Waals surface area contributed by atoms with Crippen LogP contribution >= 0.6 is 11.3 Å². The predicted molar refractivity (Wildman–Crippen MR) is 128 cm³/mol. The first-order chi connectivity index (χ1) is 15.2. The van der Waals surface area contributed by atoms with E-state index in [1.807, 2.05) is 45.2 Å². The lowest BCUT2D eigenvalue weighted by atomic mass is 10.2. The van der Waals surface area contributed by atoms with Crippen LogP contribution in [-0.2, 0) is 10.0 Å². The fourth-order valence-electron chi connectivity index (χ4n) is 3.17. The van der Waals surface area contributed by atoms with Gasteiger partial charge in [-0.2, -0.15) is 4.31 Å². The smallest absolute Gasteiger partial charge is 0.257 e. The van der Waals surface area contributed by atoms with Crippen LogP contribution in [0.25, 0.3) is 11.3 Å². The van der Waals surface area contributed by atoms with Crippen LogP contribution in [0.1, 0.15) is 38.1 Å². The van der Waals surface area contributed by atoms with Crippen LogP contribution in [0.5, 0.6) is 0 Å². The number of thiazole rings is 1. The Morgan fingerprint density at radius 1 is 1.00 bits per heavy atom. The second kappa shape index (κ2) is 10.3. The number of amides is 1. The maximum absolute atomic E-state index is 13.1. The van der Waals surface area contributed by atoms with Gasteiger partial charge in [-0.25, -0.2) is 13.4 Å². The van der Waals surface area contributed by atoms with Crippen molar-refractivity contribution in [3.05, 3.63) is 59.7 Å². The largest absolute Gasteiger partial charge is 0.298 e. The van der Waals surface area contributed by atoms with Gasteiger partial charge in [0, 0.05) is 42.0 Å². The third-order valence-electron chi connectivity index (χ3n) is 4.59. The van der Waals surface area contributed by atoms with Crippen LogP contribution in [0.4, 0.5) is 5.13 Å². The molecule has 0 atom stereocenters. The molecule has 1 amide bonds. The molecule has 0 saturated carbocycles. The summed E-state index contributed by atoms with van der Waals surface area (Å²) in [4.78, 5) is 21.2. The zero-order chi connectivity index (χ0) is 23.3. The molecule has 0 bridgehead atoms. The Morgan fingerprint density at radius 2 is 1.59 bits per heavy atom. The van der Waals surface area contributed by atoms with E-state index in [9.17, 15) is 13.2 Å². The Bertz CT molecular complexity index is 1130.